The van der Waals surface area contributed by atoms with Gasteiger partial charge in [0.05, 0.1) is 5.02 Å². The highest BCUT2D eigenvalue weighted by molar-refractivity contribution is 6.33. The minimum atomic E-state index is -0.471. The van der Waals surface area contributed by atoms with Crippen LogP contribution in [0.4, 0.5) is 0 Å². The van der Waals surface area contributed by atoms with Crippen molar-refractivity contribution in [2.24, 2.45) is 0 Å². The molecule has 0 atom stereocenters. The first kappa shape index (κ1) is 16.7. The van der Waals surface area contributed by atoms with E-state index in [9.17, 15) is 0 Å². The lowest BCUT2D eigenvalue weighted by Crippen LogP contribution is -1.98. The van der Waals surface area contributed by atoms with Crippen LogP contribution in [0.3, 0.4) is 0 Å². The molecule has 0 amide bonds. The fraction of sp³-hybridized carbons (Fsp3) is 0.200. The Morgan fingerprint density at radius 1 is 1.00 bits per heavy atom. The zero-order valence-electron chi connectivity index (χ0n) is 14.3. The molecule has 2 heterocycles. The summed E-state index contributed by atoms with van der Waals surface area (Å²) in [5.41, 5.74) is 3.64. The molecule has 4 rings (SSSR count). The second-order valence-electron chi connectivity index (χ2n) is 6.32. The third kappa shape index (κ3) is 3.18. The summed E-state index contributed by atoms with van der Waals surface area (Å²) in [6, 6.07) is 13.6. The Balaban J connectivity index is 1.59. The molecule has 1 aromatic heterocycles. The second-order valence-corrected chi connectivity index (χ2v) is 6.72. The fourth-order valence-electron chi connectivity index (χ4n) is 2.72. The Morgan fingerprint density at radius 3 is 2.38 bits per heavy atom. The van der Waals surface area contributed by atoms with Gasteiger partial charge < -0.3 is 14.0 Å². The van der Waals surface area contributed by atoms with Gasteiger partial charge in [-0.2, -0.15) is 4.98 Å². The topological polar surface area (TPSA) is 57.4 Å². The molecule has 1 aliphatic heterocycles. The maximum atomic E-state index is 6.40. The summed E-state index contributed by atoms with van der Waals surface area (Å²) >= 11 is 6.40. The molecule has 0 N–H and O–H groups in total. The molecule has 2 aromatic carbocycles. The molecule has 26 heavy (non-hydrogen) atoms. The maximum Gasteiger partial charge on any atom is 0.266 e. The zero-order chi connectivity index (χ0) is 18.1. The normalized spacial score (nSPS) is 13.8. The Bertz CT molecular complexity index is 940. The quantitative estimate of drug-likeness (QED) is 0.591. The Labute approximate surface area is 156 Å². The number of aromatic nitrogens is 2. The Morgan fingerprint density at radius 2 is 1.73 bits per heavy atom. The minimum Gasteiger partial charge on any atom is -0.455 e. The number of halogens is 1. The van der Waals surface area contributed by atoms with Crippen molar-refractivity contribution < 1.29 is 14.0 Å². The number of benzene rings is 2. The fourth-order valence-corrected chi connectivity index (χ4v) is 2.99. The van der Waals surface area contributed by atoms with E-state index in [0.717, 1.165) is 11.1 Å². The summed E-state index contributed by atoms with van der Waals surface area (Å²) < 4.78 is 16.0. The van der Waals surface area contributed by atoms with Gasteiger partial charge in [-0.15, -0.1) is 0 Å². The molecule has 132 valence electrons. The van der Waals surface area contributed by atoms with E-state index in [4.69, 9.17) is 25.6 Å². The van der Waals surface area contributed by atoms with E-state index >= 15 is 0 Å². The Hall–Kier alpha value is -2.79. The molecule has 0 aliphatic carbocycles. The molecule has 0 saturated carbocycles. The first-order valence-corrected chi connectivity index (χ1v) is 8.69. The third-order valence-electron chi connectivity index (χ3n) is 4.22. The van der Waals surface area contributed by atoms with E-state index in [1.807, 2.05) is 24.3 Å². The van der Waals surface area contributed by atoms with Crippen LogP contribution in [0, 0.1) is 0 Å². The Kier molecular flexibility index (Phi) is 4.39. The van der Waals surface area contributed by atoms with Crippen molar-refractivity contribution in [3.05, 3.63) is 71.1 Å². The number of hydrogen-bond donors (Lipinski definition) is 0. The van der Waals surface area contributed by atoms with Crippen molar-refractivity contribution >= 4 is 11.6 Å². The van der Waals surface area contributed by atoms with Gasteiger partial charge in [0.25, 0.3) is 12.2 Å². The van der Waals surface area contributed by atoms with Crippen LogP contribution >= 0.6 is 11.6 Å². The van der Waals surface area contributed by atoms with Crippen molar-refractivity contribution in [2.75, 3.05) is 0 Å². The molecule has 0 bridgehead atoms. The van der Waals surface area contributed by atoms with Crippen LogP contribution in [0.1, 0.15) is 37.2 Å². The van der Waals surface area contributed by atoms with Crippen molar-refractivity contribution in [2.45, 2.75) is 26.1 Å². The van der Waals surface area contributed by atoms with Gasteiger partial charge in [0.1, 0.15) is 12.5 Å². The van der Waals surface area contributed by atoms with Crippen molar-refractivity contribution in [1.82, 2.24) is 10.1 Å². The summed E-state index contributed by atoms with van der Waals surface area (Å²) in [4.78, 5) is 4.48. The molecule has 3 aromatic rings. The SMILES string of the molecule is CC(C)c1ccc(-c2nc(-c3ccc(C4OC=CO4)cc3Cl)no2)cc1. The van der Waals surface area contributed by atoms with E-state index in [1.165, 1.54) is 18.1 Å². The number of ether oxygens (including phenoxy) is 2. The van der Waals surface area contributed by atoms with E-state index in [0.29, 0.717) is 28.2 Å². The van der Waals surface area contributed by atoms with Gasteiger partial charge in [-0.25, -0.2) is 0 Å². The average Bonchev–Trinajstić information content (AvgIpc) is 3.34. The van der Waals surface area contributed by atoms with Crippen LogP contribution in [-0.4, -0.2) is 10.1 Å². The van der Waals surface area contributed by atoms with Crippen molar-refractivity contribution in [1.29, 1.82) is 0 Å². The van der Waals surface area contributed by atoms with Crippen LogP contribution in [0.15, 0.2) is 59.5 Å². The first-order chi connectivity index (χ1) is 12.6. The van der Waals surface area contributed by atoms with E-state index in [1.54, 1.807) is 6.07 Å². The first-order valence-electron chi connectivity index (χ1n) is 8.31. The lowest BCUT2D eigenvalue weighted by atomic mass is 10.0. The highest BCUT2D eigenvalue weighted by Gasteiger charge is 2.19. The van der Waals surface area contributed by atoms with E-state index < -0.39 is 6.29 Å². The number of nitrogens with zero attached hydrogens (tertiary/aromatic N) is 2. The molecule has 0 saturated heterocycles. The zero-order valence-corrected chi connectivity index (χ0v) is 15.1. The lowest BCUT2D eigenvalue weighted by molar-refractivity contribution is -0.0245. The highest BCUT2D eigenvalue weighted by Crippen LogP contribution is 2.33. The molecule has 5 nitrogen and oxygen atoms in total. The van der Waals surface area contributed by atoms with Crippen LogP contribution in [-0.2, 0) is 9.47 Å². The predicted octanol–water partition coefficient (Wildman–Crippen LogP) is 5.70. The standard InChI is InChI=1S/C20H17ClN2O3/c1-12(2)13-3-5-14(6-4-13)19-22-18(23-26-19)16-8-7-15(11-17(16)21)20-24-9-10-25-20/h3-12,20H,1-2H3. The van der Waals surface area contributed by atoms with Crippen LogP contribution in [0.2, 0.25) is 5.02 Å². The molecular weight excluding hydrogens is 352 g/mol. The second kappa shape index (κ2) is 6.84. The smallest absolute Gasteiger partial charge is 0.266 e. The van der Waals surface area contributed by atoms with Gasteiger partial charge in [0.2, 0.25) is 5.82 Å². The summed E-state index contributed by atoms with van der Waals surface area (Å²) in [6.07, 6.45) is 2.53. The summed E-state index contributed by atoms with van der Waals surface area (Å²) in [7, 11) is 0. The minimum absolute atomic E-state index is 0.441. The van der Waals surface area contributed by atoms with Crippen molar-refractivity contribution in [3.63, 3.8) is 0 Å². The summed E-state index contributed by atoms with van der Waals surface area (Å²) in [5, 5.41) is 4.57. The molecule has 0 spiro atoms. The lowest BCUT2D eigenvalue weighted by Gasteiger charge is -2.11. The van der Waals surface area contributed by atoms with Gasteiger partial charge >= 0.3 is 0 Å². The van der Waals surface area contributed by atoms with Gasteiger partial charge in [-0.3, -0.25) is 0 Å². The van der Waals surface area contributed by atoms with Crippen LogP contribution in [0.25, 0.3) is 22.8 Å². The predicted molar refractivity (Wildman–Crippen MR) is 98.3 cm³/mol. The molecule has 6 heteroatoms. The maximum absolute atomic E-state index is 6.40. The van der Waals surface area contributed by atoms with Crippen LogP contribution in [0.5, 0.6) is 0 Å². The third-order valence-corrected chi connectivity index (χ3v) is 4.53. The van der Waals surface area contributed by atoms with Gasteiger partial charge in [0, 0.05) is 16.7 Å². The molecule has 1 aliphatic rings. The molecule has 0 radical (unpaired) electrons. The van der Waals surface area contributed by atoms with E-state index in [2.05, 4.69) is 36.1 Å². The largest absolute Gasteiger partial charge is 0.455 e. The number of hydrogen-bond acceptors (Lipinski definition) is 5. The molecular formula is C20H17ClN2O3. The monoisotopic (exact) mass is 368 g/mol. The van der Waals surface area contributed by atoms with Crippen molar-refractivity contribution in [3.8, 4) is 22.8 Å². The summed E-state index contributed by atoms with van der Waals surface area (Å²) in [6.45, 7) is 4.31. The van der Waals surface area contributed by atoms with Gasteiger partial charge in [0.15, 0.2) is 0 Å². The molecule has 0 unspecified atom stereocenters. The molecule has 0 fully saturated rings. The highest BCUT2D eigenvalue weighted by atomic mass is 35.5. The van der Waals surface area contributed by atoms with E-state index in [-0.39, 0.29) is 0 Å². The van der Waals surface area contributed by atoms with Crippen LogP contribution < -0.4 is 0 Å². The summed E-state index contributed by atoms with van der Waals surface area (Å²) in [5.74, 6) is 1.38. The van der Waals surface area contributed by atoms with Gasteiger partial charge in [-0.05, 0) is 35.7 Å². The average molecular weight is 369 g/mol. The number of rotatable bonds is 4. The van der Waals surface area contributed by atoms with Gasteiger partial charge in [-0.1, -0.05) is 48.8 Å².